The van der Waals surface area contributed by atoms with Crippen LogP contribution in [0.25, 0.3) is 0 Å². The predicted octanol–water partition coefficient (Wildman–Crippen LogP) is 4.73. The van der Waals surface area contributed by atoms with E-state index in [1.54, 1.807) is 37.1 Å². The second-order valence-electron chi connectivity index (χ2n) is 9.90. The number of nitrogens with one attached hydrogen (secondary N) is 2. The maximum atomic E-state index is 12.4. The van der Waals surface area contributed by atoms with Crippen molar-refractivity contribution in [1.29, 1.82) is 5.26 Å². The Morgan fingerprint density at radius 1 is 1.14 bits per heavy atom. The van der Waals surface area contributed by atoms with Crippen molar-refractivity contribution in [3.05, 3.63) is 58.8 Å². The van der Waals surface area contributed by atoms with Crippen LogP contribution in [0.15, 0.2) is 36.5 Å². The summed E-state index contributed by atoms with van der Waals surface area (Å²) in [4.78, 5) is 15.8. The van der Waals surface area contributed by atoms with Crippen LogP contribution in [0.1, 0.15) is 47.4 Å². The molecule has 3 aromatic rings. The number of hydrogen-bond acceptors (Lipinski definition) is 8. The zero-order valence-corrected chi connectivity index (χ0v) is 21.3. The van der Waals surface area contributed by atoms with E-state index in [9.17, 15) is 9.83 Å². The molecule has 0 saturated heterocycles. The van der Waals surface area contributed by atoms with E-state index >= 15 is 0 Å². The van der Waals surface area contributed by atoms with Crippen LogP contribution in [0.3, 0.4) is 0 Å². The first-order valence-corrected chi connectivity index (χ1v) is 14.6. The van der Waals surface area contributed by atoms with E-state index in [1.807, 2.05) is 0 Å². The number of hydrogen-bond donors (Lipinski definition) is 2. The Bertz CT molecular complexity index is 1360. The summed E-state index contributed by atoms with van der Waals surface area (Å²) < 4.78 is 12.4. The summed E-state index contributed by atoms with van der Waals surface area (Å²) in [6, 6.07) is 11.9. The van der Waals surface area contributed by atoms with Crippen LogP contribution in [0.4, 0.5) is 23.3 Å². The third-order valence-electron chi connectivity index (χ3n) is 6.68. The molecule has 0 spiro atoms. The lowest BCUT2D eigenvalue weighted by atomic mass is 9.84. The summed E-state index contributed by atoms with van der Waals surface area (Å²) in [6.45, 7) is 5.43. The van der Waals surface area contributed by atoms with Gasteiger partial charge in [0.1, 0.15) is 30.0 Å². The van der Waals surface area contributed by atoms with Crippen molar-refractivity contribution in [2.24, 2.45) is 0 Å². The molecule has 180 valence electrons. The number of aryl methyl sites for hydroxylation is 1. The molecule has 35 heavy (non-hydrogen) atoms. The van der Waals surface area contributed by atoms with Crippen molar-refractivity contribution in [2.75, 3.05) is 37.6 Å². The van der Waals surface area contributed by atoms with Gasteiger partial charge in [-0.15, -0.1) is 0 Å². The van der Waals surface area contributed by atoms with Gasteiger partial charge in [-0.1, -0.05) is 12.5 Å². The number of nitrogens with zero attached hydrogens (tertiary/aromatic N) is 5. The van der Waals surface area contributed by atoms with E-state index in [1.165, 1.54) is 36.6 Å². The van der Waals surface area contributed by atoms with Crippen LogP contribution in [0, 0.1) is 11.3 Å². The Balaban J connectivity index is 1.45. The van der Waals surface area contributed by atoms with Gasteiger partial charge in [0.05, 0.1) is 6.20 Å². The van der Waals surface area contributed by atoms with Crippen molar-refractivity contribution in [3.63, 3.8) is 0 Å². The molecule has 8 nitrogen and oxygen atoms in total. The highest BCUT2D eigenvalue weighted by molar-refractivity contribution is 7.69. The van der Waals surface area contributed by atoms with Crippen molar-refractivity contribution in [2.45, 2.75) is 38.1 Å². The van der Waals surface area contributed by atoms with Gasteiger partial charge in [0.2, 0.25) is 5.95 Å². The molecule has 2 N–H and O–H groups in total. The highest BCUT2D eigenvalue weighted by Gasteiger charge is 2.28. The van der Waals surface area contributed by atoms with Crippen molar-refractivity contribution < 1.29 is 4.57 Å². The van der Waals surface area contributed by atoms with E-state index in [2.05, 4.69) is 55.7 Å². The molecule has 1 aliphatic heterocycles. The van der Waals surface area contributed by atoms with Crippen LogP contribution < -0.4 is 16.1 Å². The molecular formula is C26H30N7OP. The van der Waals surface area contributed by atoms with E-state index in [0.29, 0.717) is 34.5 Å². The van der Waals surface area contributed by atoms with Gasteiger partial charge >= 0.3 is 0 Å². The maximum Gasteiger partial charge on any atom is 0.229 e. The molecule has 1 atom stereocenters. The van der Waals surface area contributed by atoms with Gasteiger partial charge in [-0.3, -0.25) is 0 Å². The fourth-order valence-corrected chi connectivity index (χ4v) is 5.93. The lowest BCUT2D eigenvalue weighted by molar-refractivity contribution is 0.274. The molecule has 0 saturated carbocycles. The van der Waals surface area contributed by atoms with E-state index in [-0.39, 0.29) is 0 Å². The molecule has 3 heterocycles. The summed E-state index contributed by atoms with van der Waals surface area (Å²) in [5.41, 5.74) is 6.14. The number of likely N-dealkylation sites (N-methyl/N-ethyl adjacent to an activating group) is 1. The number of anilines is 4. The van der Waals surface area contributed by atoms with Gasteiger partial charge in [-0.05, 0) is 86.5 Å². The predicted molar refractivity (Wildman–Crippen MR) is 140 cm³/mol. The monoisotopic (exact) mass is 487 g/mol. The second-order valence-corrected chi connectivity index (χ2v) is 13.1. The standard InChI is InChI=1S/C26H30N7OP/c1-33-15-18-8-5-4-7-17-11-21(12-19(16-33)24(17)18)29-26-28-14-20(13-27)25(32-26)31-22-9-6-10-23(30-22)35(2,3)34/h6,9-12,14,18H,4-5,7-8,15-16H2,1-3H3,(H2,28,29,30,31,32)/t18-/m1/s1. The lowest BCUT2D eigenvalue weighted by Gasteiger charge is -2.33. The van der Waals surface area contributed by atoms with Crippen LogP contribution in [0.5, 0.6) is 0 Å². The van der Waals surface area contributed by atoms with Crippen molar-refractivity contribution >= 4 is 35.8 Å². The maximum absolute atomic E-state index is 12.4. The Kier molecular flexibility index (Phi) is 6.31. The SMILES string of the molecule is CN1Cc2cc(Nc3ncc(C#N)c(Nc4cccc(P(C)(C)=O)n4)n3)cc3c2[C@H](CCCC3)C1. The normalized spacial score (nSPS) is 17.7. The fraction of sp³-hybridized carbons (Fsp3) is 0.385. The Labute approximate surface area is 206 Å². The first-order valence-electron chi connectivity index (χ1n) is 12.0. The molecule has 2 aliphatic rings. The molecule has 0 amide bonds. The first-order chi connectivity index (χ1) is 16.8. The minimum absolute atomic E-state index is 0.306. The van der Waals surface area contributed by atoms with Gasteiger partial charge in [0.15, 0.2) is 5.82 Å². The van der Waals surface area contributed by atoms with E-state index in [0.717, 1.165) is 25.2 Å². The van der Waals surface area contributed by atoms with Crippen molar-refractivity contribution in [3.8, 4) is 6.07 Å². The van der Waals surface area contributed by atoms with Crippen LogP contribution in [0.2, 0.25) is 0 Å². The summed E-state index contributed by atoms with van der Waals surface area (Å²) in [6.07, 6.45) is 6.34. The second kappa shape index (κ2) is 9.41. The quantitative estimate of drug-likeness (QED) is 0.498. The lowest BCUT2D eigenvalue weighted by Crippen LogP contribution is -2.30. The topological polar surface area (TPSA) is 107 Å². The minimum atomic E-state index is -2.51. The minimum Gasteiger partial charge on any atom is -0.324 e. The van der Waals surface area contributed by atoms with Gasteiger partial charge < -0.3 is 20.1 Å². The molecule has 0 radical (unpaired) electrons. The number of rotatable bonds is 5. The molecule has 5 rings (SSSR count). The highest BCUT2D eigenvalue weighted by Crippen LogP contribution is 2.39. The van der Waals surface area contributed by atoms with Gasteiger partial charge in [0, 0.05) is 18.8 Å². The average molecular weight is 488 g/mol. The molecule has 1 aromatic carbocycles. The molecule has 0 bridgehead atoms. The van der Waals surface area contributed by atoms with Crippen LogP contribution in [-0.4, -0.2) is 46.8 Å². The summed E-state index contributed by atoms with van der Waals surface area (Å²) >= 11 is 0. The molecule has 9 heteroatoms. The molecule has 2 aromatic heterocycles. The smallest absolute Gasteiger partial charge is 0.229 e. The molecule has 0 fully saturated rings. The zero-order chi connectivity index (χ0) is 24.6. The third kappa shape index (κ3) is 5.07. The average Bonchev–Trinajstić information content (AvgIpc) is 3.01. The number of aromatic nitrogens is 3. The van der Waals surface area contributed by atoms with Crippen molar-refractivity contribution in [1.82, 2.24) is 19.9 Å². The van der Waals surface area contributed by atoms with Gasteiger partial charge in [0.25, 0.3) is 0 Å². The Hall–Kier alpha value is -3.27. The molecule has 1 aliphatic carbocycles. The molecular weight excluding hydrogens is 457 g/mol. The number of benzene rings is 1. The molecule has 0 unspecified atom stereocenters. The van der Waals surface area contributed by atoms with E-state index < -0.39 is 7.14 Å². The van der Waals surface area contributed by atoms with Crippen LogP contribution >= 0.6 is 7.14 Å². The first kappa shape index (κ1) is 23.5. The Morgan fingerprint density at radius 2 is 1.97 bits per heavy atom. The van der Waals surface area contributed by atoms with Gasteiger partial charge in [-0.2, -0.15) is 10.2 Å². The highest BCUT2D eigenvalue weighted by atomic mass is 31.2. The zero-order valence-electron chi connectivity index (χ0n) is 20.4. The van der Waals surface area contributed by atoms with Crippen LogP contribution in [-0.2, 0) is 17.5 Å². The number of nitriles is 1. The third-order valence-corrected chi connectivity index (χ3v) is 8.03. The van der Waals surface area contributed by atoms with Gasteiger partial charge in [-0.25, -0.2) is 9.97 Å². The summed E-state index contributed by atoms with van der Waals surface area (Å²) in [5.74, 6) is 1.85. The number of pyridine rings is 1. The Morgan fingerprint density at radius 3 is 2.77 bits per heavy atom. The fourth-order valence-electron chi connectivity index (χ4n) is 5.14. The van der Waals surface area contributed by atoms with E-state index in [4.69, 9.17) is 0 Å². The summed E-state index contributed by atoms with van der Waals surface area (Å²) in [5, 5.41) is 16.1. The largest absolute Gasteiger partial charge is 0.324 e. The summed E-state index contributed by atoms with van der Waals surface area (Å²) in [7, 11) is -0.325.